The van der Waals surface area contributed by atoms with Crippen molar-refractivity contribution < 1.29 is 13.2 Å². The fourth-order valence-electron chi connectivity index (χ4n) is 2.06. The van der Waals surface area contributed by atoms with E-state index in [1.807, 2.05) is 0 Å². The summed E-state index contributed by atoms with van der Waals surface area (Å²) in [7, 11) is 0. The fraction of sp³-hybridized carbons (Fsp3) is 0.455. The summed E-state index contributed by atoms with van der Waals surface area (Å²) in [5.74, 6) is -1.24. The molecule has 1 heterocycles. The van der Waals surface area contributed by atoms with E-state index in [9.17, 15) is 13.2 Å². The van der Waals surface area contributed by atoms with Crippen molar-refractivity contribution in [1.82, 2.24) is 0 Å². The van der Waals surface area contributed by atoms with Gasteiger partial charge in [0.05, 0.1) is 17.3 Å². The van der Waals surface area contributed by atoms with Crippen molar-refractivity contribution in [2.45, 2.75) is 12.6 Å². The summed E-state index contributed by atoms with van der Waals surface area (Å²) in [6.07, 6.45) is -3.97. The zero-order chi connectivity index (χ0) is 12.6. The molecule has 0 radical (unpaired) electrons. The first kappa shape index (κ1) is 12.5. The lowest BCUT2D eigenvalue weighted by atomic mass is 10.1. The van der Waals surface area contributed by atoms with Gasteiger partial charge in [-0.3, -0.25) is 0 Å². The summed E-state index contributed by atoms with van der Waals surface area (Å²) >= 11 is 3.27. The summed E-state index contributed by atoms with van der Waals surface area (Å²) in [5, 5.41) is 0. The van der Waals surface area contributed by atoms with Crippen LogP contribution >= 0.6 is 15.9 Å². The lowest BCUT2D eigenvalue weighted by Gasteiger charge is -2.21. The lowest BCUT2D eigenvalue weighted by molar-refractivity contribution is -0.168. The van der Waals surface area contributed by atoms with Gasteiger partial charge in [-0.2, -0.15) is 13.2 Å². The molecule has 1 atom stereocenters. The average molecular weight is 309 g/mol. The number of nitrogen functional groups attached to an aromatic ring is 1. The smallest absolute Gasteiger partial charge is 0.393 e. The normalized spacial score (nSPS) is 20.9. The second kappa shape index (κ2) is 4.40. The summed E-state index contributed by atoms with van der Waals surface area (Å²) in [5.41, 5.74) is 6.99. The molecule has 6 heteroatoms. The zero-order valence-corrected chi connectivity index (χ0v) is 10.6. The molecule has 94 valence electrons. The molecule has 2 rings (SSSR count). The second-order valence-corrected chi connectivity index (χ2v) is 5.09. The highest BCUT2D eigenvalue weighted by atomic mass is 79.9. The summed E-state index contributed by atoms with van der Waals surface area (Å²) in [6.45, 7) is 0.394. The first-order valence-electron chi connectivity index (χ1n) is 5.24. The van der Waals surface area contributed by atoms with Crippen LogP contribution < -0.4 is 10.6 Å². The Kier molecular flexibility index (Phi) is 3.25. The van der Waals surface area contributed by atoms with Crippen molar-refractivity contribution in [3.63, 3.8) is 0 Å². The largest absolute Gasteiger partial charge is 0.397 e. The Morgan fingerprint density at radius 1 is 1.35 bits per heavy atom. The molecule has 1 fully saturated rings. The predicted molar refractivity (Wildman–Crippen MR) is 64.9 cm³/mol. The van der Waals surface area contributed by atoms with Gasteiger partial charge in [0.1, 0.15) is 0 Å². The van der Waals surface area contributed by atoms with Gasteiger partial charge in [0.15, 0.2) is 0 Å². The van der Waals surface area contributed by atoms with Gasteiger partial charge < -0.3 is 10.6 Å². The molecular weight excluding hydrogens is 297 g/mol. The standard InChI is InChI=1S/C11H12BrF3N2/c12-8-1-2-10(9(16)5-8)17-4-3-7(6-17)11(13,14)15/h1-2,5,7H,3-4,6,16H2. The molecule has 1 aromatic carbocycles. The van der Waals surface area contributed by atoms with E-state index in [2.05, 4.69) is 15.9 Å². The van der Waals surface area contributed by atoms with Crippen molar-refractivity contribution in [2.75, 3.05) is 23.7 Å². The number of nitrogens with zero attached hydrogens (tertiary/aromatic N) is 1. The Bertz CT molecular complexity index is 420. The molecule has 0 aromatic heterocycles. The highest BCUT2D eigenvalue weighted by Crippen LogP contribution is 2.37. The zero-order valence-electron chi connectivity index (χ0n) is 8.97. The Labute approximate surface area is 106 Å². The van der Waals surface area contributed by atoms with Crippen LogP contribution in [0.1, 0.15) is 6.42 Å². The average Bonchev–Trinajstić information content (AvgIpc) is 2.65. The molecule has 2 N–H and O–H groups in total. The number of alkyl halides is 3. The van der Waals surface area contributed by atoms with E-state index in [-0.39, 0.29) is 13.0 Å². The summed E-state index contributed by atoms with van der Waals surface area (Å²) in [4.78, 5) is 1.69. The molecule has 0 amide bonds. The van der Waals surface area contributed by atoms with Gasteiger partial charge in [0.2, 0.25) is 0 Å². The number of anilines is 2. The molecule has 0 saturated carbocycles. The van der Waals surface area contributed by atoms with Crippen LogP contribution in [0.25, 0.3) is 0 Å². The highest BCUT2D eigenvalue weighted by molar-refractivity contribution is 9.10. The van der Waals surface area contributed by atoms with E-state index in [4.69, 9.17) is 5.73 Å². The van der Waals surface area contributed by atoms with E-state index < -0.39 is 12.1 Å². The van der Waals surface area contributed by atoms with Crippen LogP contribution in [0.3, 0.4) is 0 Å². The molecule has 17 heavy (non-hydrogen) atoms. The monoisotopic (exact) mass is 308 g/mol. The van der Waals surface area contributed by atoms with Gasteiger partial charge in [0, 0.05) is 17.6 Å². The third-order valence-corrected chi connectivity index (χ3v) is 3.47. The number of rotatable bonds is 1. The van der Waals surface area contributed by atoms with Crippen molar-refractivity contribution in [3.05, 3.63) is 22.7 Å². The lowest BCUT2D eigenvalue weighted by Crippen LogP contribution is -2.27. The Hall–Kier alpha value is -0.910. The Balaban J connectivity index is 2.15. The third-order valence-electron chi connectivity index (χ3n) is 2.98. The number of hydrogen-bond acceptors (Lipinski definition) is 2. The first-order chi connectivity index (χ1) is 7.88. The minimum atomic E-state index is -4.11. The van der Waals surface area contributed by atoms with Crippen molar-refractivity contribution in [3.8, 4) is 0 Å². The topological polar surface area (TPSA) is 29.3 Å². The maximum Gasteiger partial charge on any atom is 0.393 e. The first-order valence-corrected chi connectivity index (χ1v) is 6.04. The molecule has 1 aliphatic rings. The SMILES string of the molecule is Nc1cc(Br)ccc1N1CCC(C(F)(F)F)C1. The molecule has 1 aliphatic heterocycles. The van der Waals surface area contributed by atoms with Gasteiger partial charge in [-0.15, -0.1) is 0 Å². The molecule has 0 aliphatic carbocycles. The molecule has 2 nitrogen and oxygen atoms in total. The number of nitrogens with two attached hydrogens (primary N) is 1. The summed E-state index contributed by atoms with van der Waals surface area (Å²) in [6, 6.07) is 5.24. The quantitative estimate of drug-likeness (QED) is 0.806. The van der Waals surface area contributed by atoms with Crippen LogP contribution in [-0.2, 0) is 0 Å². The van der Waals surface area contributed by atoms with Gasteiger partial charge in [-0.1, -0.05) is 15.9 Å². The van der Waals surface area contributed by atoms with E-state index >= 15 is 0 Å². The van der Waals surface area contributed by atoms with Crippen LogP contribution in [0.15, 0.2) is 22.7 Å². The van der Waals surface area contributed by atoms with E-state index in [1.54, 1.807) is 23.1 Å². The highest BCUT2D eigenvalue weighted by Gasteiger charge is 2.43. The van der Waals surface area contributed by atoms with Crippen LogP contribution in [-0.4, -0.2) is 19.3 Å². The number of benzene rings is 1. The van der Waals surface area contributed by atoms with Crippen LogP contribution in [0, 0.1) is 5.92 Å². The van der Waals surface area contributed by atoms with Crippen LogP contribution in [0.5, 0.6) is 0 Å². The van der Waals surface area contributed by atoms with Crippen LogP contribution in [0.2, 0.25) is 0 Å². The molecular formula is C11H12BrF3N2. The van der Waals surface area contributed by atoms with Gasteiger partial charge in [-0.05, 0) is 24.6 Å². The molecule has 1 aromatic rings. The van der Waals surface area contributed by atoms with Crippen molar-refractivity contribution >= 4 is 27.3 Å². The maximum atomic E-state index is 12.5. The van der Waals surface area contributed by atoms with E-state index in [0.717, 1.165) is 4.47 Å². The maximum absolute atomic E-state index is 12.5. The third kappa shape index (κ3) is 2.68. The van der Waals surface area contributed by atoms with Crippen molar-refractivity contribution in [2.24, 2.45) is 5.92 Å². The minimum Gasteiger partial charge on any atom is -0.397 e. The second-order valence-electron chi connectivity index (χ2n) is 4.18. The Morgan fingerprint density at radius 2 is 2.06 bits per heavy atom. The fourth-order valence-corrected chi connectivity index (χ4v) is 2.44. The van der Waals surface area contributed by atoms with E-state index in [0.29, 0.717) is 17.9 Å². The van der Waals surface area contributed by atoms with Gasteiger partial charge >= 0.3 is 6.18 Å². The molecule has 1 unspecified atom stereocenters. The van der Waals surface area contributed by atoms with E-state index in [1.165, 1.54) is 0 Å². The Morgan fingerprint density at radius 3 is 2.59 bits per heavy atom. The number of hydrogen-bond donors (Lipinski definition) is 1. The molecule has 1 saturated heterocycles. The minimum absolute atomic E-state index is 0.00463. The molecule has 0 bridgehead atoms. The van der Waals surface area contributed by atoms with Gasteiger partial charge in [0.25, 0.3) is 0 Å². The molecule has 0 spiro atoms. The van der Waals surface area contributed by atoms with Crippen molar-refractivity contribution in [1.29, 1.82) is 0 Å². The van der Waals surface area contributed by atoms with Gasteiger partial charge in [-0.25, -0.2) is 0 Å². The number of halogens is 4. The predicted octanol–water partition coefficient (Wildman–Crippen LogP) is 3.42. The summed E-state index contributed by atoms with van der Waals surface area (Å²) < 4.78 is 38.5. The van der Waals surface area contributed by atoms with Crippen LogP contribution in [0.4, 0.5) is 24.5 Å².